The number of piperidine rings is 1. The summed E-state index contributed by atoms with van der Waals surface area (Å²) in [5.74, 6) is -0.157. The lowest BCUT2D eigenvalue weighted by Crippen LogP contribution is -2.36. The van der Waals surface area contributed by atoms with Crippen LogP contribution in [0.15, 0.2) is 36.9 Å². The zero-order chi connectivity index (χ0) is 13.7. The lowest BCUT2D eigenvalue weighted by Gasteiger charge is -2.31. The maximum Gasteiger partial charge on any atom is 0.166 e. The molecule has 0 saturated carbocycles. The van der Waals surface area contributed by atoms with E-state index in [1.807, 2.05) is 6.08 Å². The summed E-state index contributed by atoms with van der Waals surface area (Å²) in [6, 6.07) is 6.24. The van der Waals surface area contributed by atoms with Crippen LogP contribution >= 0.6 is 0 Å². The monoisotopic (exact) mass is 261 g/mol. The van der Waals surface area contributed by atoms with Gasteiger partial charge in [0.1, 0.15) is 5.82 Å². The number of ketones is 1. The topological polar surface area (TPSA) is 20.3 Å². The van der Waals surface area contributed by atoms with Crippen molar-refractivity contribution < 1.29 is 9.18 Å². The van der Waals surface area contributed by atoms with E-state index in [1.165, 1.54) is 6.07 Å². The molecule has 0 spiro atoms. The van der Waals surface area contributed by atoms with E-state index < -0.39 is 5.82 Å². The van der Waals surface area contributed by atoms with Gasteiger partial charge in [-0.05, 0) is 37.4 Å². The minimum absolute atomic E-state index is 0.0800. The highest BCUT2D eigenvalue weighted by atomic mass is 19.1. The van der Waals surface area contributed by atoms with Crippen molar-refractivity contribution in [2.75, 3.05) is 19.6 Å². The lowest BCUT2D eigenvalue weighted by molar-refractivity contribution is 0.0920. The Balaban J connectivity index is 1.95. The summed E-state index contributed by atoms with van der Waals surface area (Å²) in [5, 5.41) is 0. The van der Waals surface area contributed by atoms with Gasteiger partial charge < -0.3 is 0 Å². The molecule has 1 saturated heterocycles. The molecule has 0 N–H and O–H groups in total. The van der Waals surface area contributed by atoms with E-state index in [4.69, 9.17) is 0 Å². The molecule has 19 heavy (non-hydrogen) atoms. The molecule has 2 nitrogen and oxygen atoms in total. The van der Waals surface area contributed by atoms with Gasteiger partial charge in [0.25, 0.3) is 0 Å². The number of nitrogens with zero attached hydrogens (tertiary/aromatic N) is 1. The number of hydrogen-bond acceptors (Lipinski definition) is 2. The van der Waals surface area contributed by atoms with Gasteiger partial charge in [-0.3, -0.25) is 9.69 Å². The predicted molar refractivity (Wildman–Crippen MR) is 74.7 cm³/mol. The fraction of sp³-hybridized carbons (Fsp3) is 0.438. The number of benzene rings is 1. The quantitative estimate of drug-likeness (QED) is 0.599. The molecule has 3 heteroatoms. The number of hydrogen-bond donors (Lipinski definition) is 0. The van der Waals surface area contributed by atoms with Crippen molar-refractivity contribution in [2.45, 2.75) is 19.3 Å². The SMILES string of the molecule is C=CCN1CCCC(CC(=O)c2ccccc2F)C1. The molecule has 1 aromatic carbocycles. The van der Waals surface area contributed by atoms with Crippen LogP contribution in [-0.2, 0) is 0 Å². The van der Waals surface area contributed by atoms with Crippen molar-refractivity contribution in [3.63, 3.8) is 0 Å². The van der Waals surface area contributed by atoms with E-state index in [1.54, 1.807) is 18.2 Å². The standard InChI is InChI=1S/C16H20FNO/c1-2-9-18-10-5-6-13(12-18)11-16(19)14-7-3-4-8-15(14)17/h2-4,7-8,13H,1,5-6,9-12H2. The normalized spacial score (nSPS) is 20.2. The van der Waals surface area contributed by atoms with E-state index in [0.717, 1.165) is 32.5 Å². The third-order valence-electron chi connectivity index (χ3n) is 3.64. The minimum atomic E-state index is -0.411. The second-order valence-corrected chi connectivity index (χ2v) is 5.16. The van der Waals surface area contributed by atoms with E-state index in [0.29, 0.717) is 12.3 Å². The molecule has 102 valence electrons. The van der Waals surface area contributed by atoms with Crippen LogP contribution in [0.3, 0.4) is 0 Å². The molecule has 1 aromatic rings. The van der Waals surface area contributed by atoms with Gasteiger partial charge >= 0.3 is 0 Å². The van der Waals surface area contributed by atoms with Gasteiger partial charge in [-0.2, -0.15) is 0 Å². The zero-order valence-electron chi connectivity index (χ0n) is 11.1. The Kier molecular flexibility index (Phi) is 4.86. The average Bonchev–Trinajstić information content (AvgIpc) is 2.40. The van der Waals surface area contributed by atoms with Crippen LogP contribution in [0, 0.1) is 11.7 Å². The van der Waals surface area contributed by atoms with Crippen LogP contribution in [0.1, 0.15) is 29.6 Å². The Bertz CT molecular complexity index is 458. The first-order valence-corrected chi connectivity index (χ1v) is 6.81. The van der Waals surface area contributed by atoms with Crippen molar-refractivity contribution in [1.82, 2.24) is 4.90 Å². The number of carbonyl (C=O) groups is 1. The maximum absolute atomic E-state index is 13.5. The molecule has 1 heterocycles. The van der Waals surface area contributed by atoms with Crippen molar-refractivity contribution >= 4 is 5.78 Å². The smallest absolute Gasteiger partial charge is 0.166 e. The fourth-order valence-corrected chi connectivity index (χ4v) is 2.73. The highest BCUT2D eigenvalue weighted by Crippen LogP contribution is 2.22. The Hall–Kier alpha value is -1.48. The third kappa shape index (κ3) is 3.74. The summed E-state index contributed by atoms with van der Waals surface area (Å²) >= 11 is 0. The zero-order valence-corrected chi connectivity index (χ0v) is 11.1. The molecule has 1 aliphatic heterocycles. The first-order chi connectivity index (χ1) is 9.20. The molecule has 1 fully saturated rings. The van der Waals surface area contributed by atoms with Gasteiger partial charge in [0.2, 0.25) is 0 Å². The first-order valence-electron chi connectivity index (χ1n) is 6.81. The Morgan fingerprint density at radius 1 is 1.47 bits per heavy atom. The highest BCUT2D eigenvalue weighted by Gasteiger charge is 2.23. The van der Waals surface area contributed by atoms with E-state index in [-0.39, 0.29) is 11.3 Å². The van der Waals surface area contributed by atoms with Gasteiger partial charge in [0.05, 0.1) is 5.56 Å². The van der Waals surface area contributed by atoms with Gasteiger partial charge in [-0.25, -0.2) is 4.39 Å². The van der Waals surface area contributed by atoms with Crippen molar-refractivity contribution in [3.05, 3.63) is 48.3 Å². The summed E-state index contributed by atoms with van der Waals surface area (Å²) < 4.78 is 13.5. The number of carbonyl (C=O) groups excluding carboxylic acids is 1. The highest BCUT2D eigenvalue weighted by molar-refractivity contribution is 5.96. The molecular formula is C16H20FNO. The molecule has 1 aliphatic rings. The first kappa shape index (κ1) is 13.9. The van der Waals surface area contributed by atoms with Gasteiger partial charge in [-0.15, -0.1) is 6.58 Å². The summed E-state index contributed by atoms with van der Waals surface area (Å²) in [6.07, 6.45) is 4.48. The van der Waals surface area contributed by atoms with Crippen LogP contribution < -0.4 is 0 Å². The van der Waals surface area contributed by atoms with Crippen molar-refractivity contribution in [2.24, 2.45) is 5.92 Å². The summed E-state index contributed by atoms with van der Waals surface area (Å²) in [5.41, 5.74) is 0.225. The van der Waals surface area contributed by atoms with Crippen LogP contribution in [0.5, 0.6) is 0 Å². The molecule has 1 unspecified atom stereocenters. The summed E-state index contributed by atoms with van der Waals surface area (Å²) in [7, 11) is 0. The van der Waals surface area contributed by atoms with Crippen molar-refractivity contribution in [1.29, 1.82) is 0 Å². The van der Waals surface area contributed by atoms with E-state index >= 15 is 0 Å². The number of Topliss-reactive ketones (excluding diaryl/α,β-unsaturated/α-hetero) is 1. The maximum atomic E-state index is 13.5. The molecule has 1 atom stereocenters. The largest absolute Gasteiger partial charge is 0.299 e. The molecule has 0 radical (unpaired) electrons. The van der Waals surface area contributed by atoms with E-state index in [9.17, 15) is 9.18 Å². The van der Waals surface area contributed by atoms with Gasteiger partial charge in [0, 0.05) is 19.5 Å². The molecular weight excluding hydrogens is 241 g/mol. The lowest BCUT2D eigenvalue weighted by atomic mass is 9.91. The summed E-state index contributed by atoms with van der Waals surface area (Å²) in [4.78, 5) is 14.4. The number of likely N-dealkylation sites (tertiary alicyclic amines) is 1. The van der Waals surface area contributed by atoms with Crippen LogP contribution in [-0.4, -0.2) is 30.3 Å². The second kappa shape index (κ2) is 6.62. The van der Waals surface area contributed by atoms with E-state index in [2.05, 4.69) is 11.5 Å². The molecule has 0 amide bonds. The van der Waals surface area contributed by atoms with Crippen LogP contribution in [0.4, 0.5) is 4.39 Å². The second-order valence-electron chi connectivity index (χ2n) is 5.16. The molecule has 0 aromatic heterocycles. The Morgan fingerprint density at radius 2 is 2.26 bits per heavy atom. The Morgan fingerprint density at radius 3 is 3.00 bits per heavy atom. The number of rotatable bonds is 5. The van der Waals surface area contributed by atoms with Crippen LogP contribution in [0.25, 0.3) is 0 Å². The average molecular weight is 261 g/mol. The van der Waals surface area contributed by atoms with Gasteiger partial charge in [-0.1, -0.05) is 18.2 Å². The number of halogens is 1. The van der Waals surface area contributed by atoms with Gasteiger partial charge in [0.15, 0.2) is 5.78 Å². The molecule has 2 rings (SSSR count). The predicted octanol–water partition coefficient (Wildman–Crippen LogP) is 3.30. The van der Waals surface area contributed by atoms with Crippen molar-refractivity contribution in [3.8, 4) is 0 Å². The Labute approximate surface area is 113 Å². The minimum Gasteiger partial charge on any atom is -0.299 e. The summed E-state index contributed by atoms with van der Waals surface area (Å²) in [6.45, 7) is 6.58. The third-order valence-corrected chi connectivity index (χ3v) is 3.64. The fourth-order valence-electron chi connectivity index (χ4n) is 2.73. The van der Waals surface area contributed by atoms with Crippen LogP contribution in [0.2, 0.25) is 0 Å². The molecule has 0 aliphatic carbocycles. The molecule has 0 bridgehead atoms.